The van der Waals surface area contributed by atoms with Crippen molar-refractivity contribution < 1.29 is 14.7 Å². The lowest BCUT2D eigenvalue weighted by Crippen LogP contribution is -2.54. The van der Waals surface area contributed by atoms with Crippen molar-refractivity contribution in [2.75, 3.05) is 6.54 Å². The molecule has 1 heterocycles. The molecule has 0 aromatic carbocycles. The molecule has 1 saturated heterocycles. The van der Waals surface area contributed by atoms with Crippen LogP contribution >= 0.6 is 0 Å². The fourth-order valence-corrected chi connectivity index (χ4v) is 2.28. The molecule has 0 aromatic rings. The molecule has 0 bridgehead atoms. The molecule has 5 heteroatoms. The van der Waals surface area contributed by atoms with Crippen molar-refractivity contribution in [3.05, 3.63) is 0 Å². The Kier molecular flexibility index (Phi) is 5.44. The molecule has 1 fully saturated rings. The Morgan fingerprint density at radius 3 is 2.61 bits per heavy atom. The van der Waals surface area contributed by atoms with E-state index in [9.17, 15) is 14.7 Å². The third-order valence-corrected chi connectivity index (χ3v) is 3.82. The minimum Gasteiger partial charge on any atom is -0.480 e. The number of nitrogens with zero attached hydrogens (tertiary/aromatic N) is 1. The van der Waals surface area contributed by atoms with Crippen molar-refractivity contribution in [3.8, 4) is 0 Å². The summed E-state index contributed by atoms with van der Waals surface area (Å²) in [5.74, 6) is -0.480. The summed E-state index contributed by atoms with van der Waals surface area (Å²) in [4.78, 5) is 24.8. The SMILES string of the molecule is CCC1CCN(C(=O)NC(C)CC)C(C(=O)O)C1. The highest BCUT2D eigenvalue weighted by atomic mass is 16.4. The van der Waals surface area contributed by atoms with Gasteiger partial charge in [-0.1, -0.05) is 20.3 Å². The number of rotatable bonds is 4. The van der Waals surface area contributed by atoms with Crippen LogP contribution in [0.25, 0.3) is 0 Å². The van der Waals surface area contributed by atoms with Crippen LogP contribution in [0.15, 0.2) is 0 Å². The molecule has 1 rings (SSSR count). The van der Waals surface area contributed by atoms with Crippen LogP contribution in [0, 0.1) is 5.92 Å². The standard InChI is InChI=1S/C13H24N2O3/c1-4-9(3)14-13(18)15-7-6-10(5-2)8-11(15)12(16)17/h9-11H,4-8H2,1-3H3,(H,14,18)(H,16,17). The number of piperidine rings is 1. The Balaban J connectivity index is 2.67. The van der Waals surface area contributed by atoms with Gasteiger partial charge >= 0.3 is 12.0 Å². The predicted octanol–water partition coefficient (Wildman–Crippen LogP) is 2.07. The zero-order valence-electron chi connectivity index (χ0n) is 11.5. The maximum atomic E-state index is 12.0. The average Bonchev–Trinajstić information content (AvgIpc) is 2.37. The number of carboxylic acids is 1. The highest BCUT2D eigenvalue weighted by Gasteiger charge is 2.35. The fraction of sp³-hybridized carbons (Fsp3) is 0.846. The number of amides is 2. The van der Waals surface area contributed by atoms with Crippen LogP contribution in [0.1, 0.15) is 46.5 Å². The van der Waals surface area contributed by atoms with Gasteiger partial charge in [-0.05, 0) is 32.1 Å². The second-order valence-corrected chi connectivity index (χ2v) is 5.10. The van der Waals surface area contributed by atoms with Crippen molar-refractivity contribution in [3.63, 3.8) is 0 Å². The summed E-state index contributed by atoms with van der Waals surface area (Å²) in [5, 5.41) is 12.1. The molecule has 3 atom stereocenters. The summed E-state index contributed by atoms with van der Waals surface area (Å²) in [6.45, 7) is 6.52. The van der Waals surface area contributed by atoms with E-state index >= 15 is 0 Å². The largest absolute Gasteiger partial charge is 0.480 e. The van der Waals surface area contributed by atoms with Gasteiger partial charge in [-0.25, -0.2) is 9.59 Å². The van der Waals surface area contributed by atoms with Crippen molar-refractivity contribution in [2.45, 2.75) is 58.5 Å². The number of carbonyl (C=O) groups excluding carboxylic acids is 1. The lowest BCUT2D eigenvalue weighted by molar-refractivity contribution is -0.144. The van der Waals surface area contributed by atoms with E-state index in [1.165, 1.54) is 4.90 Å². The quantitative estimate of drug-likeness (QED) is 0.809. The topological polar surface area (TPSA) is 69.6 Å². The summed E-state index contributed by atoms with van der Waals surface area (Å²) in [5.41, 5.74) is 0. The van der Waals surface area contributed by atoms with Crippen LogP contribution in [-0.4, -0.2) is 40.6 Å². The van der Waals surface area contributed by atoms with Crippen molar-refractivity contribution in [1.82, 2.24) is 10.2 Å². The Hall–Kier alpha value is -1.26. The minimum atomic E-state index is -0.896. The fourth-order valence-electron chi connectivity index (χ4n) is 2.28. The number of hydrogen-bond donors (Lipinski definition) is 2. The number of carboxylic acid groups (broad SMARTS) is 1. The smallest absolute Gasteiger partial charge is 0.326 e. The van der Waals surface area contributed by atoms with Gasteiger partial charge in [0, 0.05) is 12.6 Å². The van der Waals surface area contributed by atoms with Gasteiger partial charge in [0.05, 0.1) is 0 Å². The number of likely N-dealkylation sites (tertiary alicyclic amines) is 1. The second-order valence-electron chi connectivity index (χ2n) is 5.10. The van der Waals surface area contributed by atoms with E-state index in [-0.39, 0.29) is 12.1 Å². The van der Waals surface area contributed by atoms with Gasteiger partial charge in [0.2, 0.25) is 0 Å². The molecule has 2 N–H and O–H groups in total. The van der Waals surface area contributed by atoms with Gasteiger partial charge < -0.3 is 15.3 Å². The minimum absolute atomic E-state index is 0.0795. The molecule has 5 nitrogen and oxygen atoms in total. The normalized spacial score (nSPS) is 25.6. The molecule has 3 unspecified atom stereocenters. The van der Waals surface area contributed by atoms with Crippen LogP contribution in [0.2, 0.25) is 0 Å². The lowest BCUT2D eigenvalue weighted by Gasteiger charge is -2.37. The second kappa shape index (κ2) is 6.61. The molecule has 0 spiro atoms. The first-order valence-electron chi connectivity index (χ1n) is 6.79. The Bertz CT molecular complexity index is 307. The third-order valence-electron chi connectivity index (χ3n) is 3.82. The first-order valence-corrected chi connectivity index (χ1v) is 6.79. The summed E-state index contributed by atoms with van der Waals surface area (Å²) >= 11 is 0. The number of nitrogens with one attached hydrogen (secondary N) is 1. The first kappa shape index (κ1) is 14.8. The first-order chi connectivity index (χ1) is 8.49. The van der Waals surface area contributed by atoms with Crippen molar-refractivity contribution >= 4 is 12.0 Å². The molecule has 0 saturated carbocycles. The summed E-state index contributed by atoms with van der Waals surface area (Å²) in [7, 11) is 0. The molecule has 0 aromatic heterocycles. The molecular formula is C13H24N2O3. The maximum Gasteiger partial charge on any atom is 0.326 e. The van der Waals surface area contributed by atoms with Gasteiger partial charge in [-0.15, -0.1) is 0 Å². The summed E-state index contributed by atoms with van der Waals surface area (Å²) in [6.07, 6.45) is 3.29. The maximum absolute atomic E-state index is 12.0. The average molecular weight is 256 g/mol. The zero-order valence-corrected chi connectivity index (χ0v) is 11.5. The van der Waals surface area contributed by atoms with E-state index in [0.29, 0.717) is 18.9 Å². The van der Waals surface area contributed by atoms with E-state index in [0.717, 1.165) is 19.3 Å². The Morgan fingerprint density at radius 1 is 1.44 bits per heavy atom. The molecule has 0 radical (unpaired) electrons. The van der Waals surface area contributed by atoms with E-state index in [2.05, 4.69) is 12.2 Å². The van der Waals surface area contributed by atoms with Gasteiger partial charge in [0.25, 0.3) is 0 Å². The van der Waals surface area contributed by atoms with Gasteiger partial charge in [-0.3, -0.25) is 0 Å². The number of hydrogen-bond acceptors (Lipinski definition) is 2. The Morgan fingerprint density at radius 2 is 2.11 bits per heavy atom. The van der Waals surface area contributed by atoms with Crippen LogP contribution in [0.3, 0.4) is 0 Å². The van der Waals surface area contributed by atoms with E-state index < -0.39 is 12.0 Å². The lowest BCUT2D eigenvalue weighted by atomic mass is 9.89. The van der Waals surface area contributed by atoms with Crippen LogP contribution in [-0.2, 0) is 4.79 Å². The molecule has 1 aliphatic rings. The van der Waals surface area contributed by atoms with Crippen LogP contribution < -0.4 is 5.32 Å². The van der Waals surface area contributed by atoms with E-state index in [1.807, 2.05) is 13.8 Å². The predicted molar refractivity (Wildman–Crippen MR) is 69.4 cm³/mol. The molecule has 18 heavy (non-hydrogen) atoms. The monoisotopic (exact) mass is 256 g/mol. The summed E-state index contributed by atoms with van der Waals surface area (Å²) < 4.78 is 0. The van der Waals surface area contributed by atoms with Crippen LogP contribution in [0.5, 0.6) is 0 Å². The molecule has 0 aliphatic carbocycles. The highest BCUT2D eigenvalue weighted by Crippen LogP contribution is 2.25. The highest BCUT2D eigenvalue weighted by molar-refractivity contribution is 5.83. The Labute approximate surface area is 109 Å². The molecule has 104 valence electrons. The number of urea groups is 1. The van der Waals surface area contributed by atoms with Crippen LogP contribution in [0.4, 0.5) is 4.79 Å². The molecule has 2 amide bonds. The summed E-state index contributed by atoms with van der Waals surface area (Å²) in [6, 6.07) is -0.838. The van der Waals surface area contributed by atoms with Crippen molar-refractivity contribution in [2.24, 2.45) is 5.92 Å². The van der Waals surface area contributed by atoms with Gasteiger partial charge in [0.15, 0.2) is 0 Å². The van der Waals surface area contributed by atoms with Gasteiger partial charge in [-0.2, -0.15) is 0 Å². The van der Waals surface area contributed by atoms with E-state index in [4.69, 9.17) is 0 Å². The molecular weight excluding hydrogens is 232 g/mol. The molecule has 1 aliphatic heterocycles. The number of aliphatic carboxylic acids is 1. The van der Waals surface area contributed by atoms with E-state index in [1.54, 1.807) is 0 Å². The number of carbonyl (C=O) groups is 2. The van der Waals surface area contributed by atoms with Crippen molar-refractivity contribution in [1.29, 1.82) is 0 Å². The van der Waals surface area contributed by atoms with Gasteiger partial charge in [0.1, 0.15) is 6.04 Å². The third kappa shape index (κ3) is 3.62. The zero-order chi connectivity index (χ0) is 13.7.